The Balaban J connectivity index is 1.93. The molecule has 0 atom stereocenters. The largest absolute Gasteiger partial charge is 0.361 e. The lowest BCUT2D eigenvalue weighted by atomic mass is 10.1. The highest BCUT2D eigenvalue weighted by Gasteiger charge is 2.11. The number of benzene rings is 2. The molecule has 0 radical (unpaired) electrons. The monoisotopic (exact) mass is 348 g/mol. The van der Waals surface area contributed by atoms with E-state index in [1.54, 1.807) is 24.3 Å². The van der Waals surface area contributed by atoms with Crippen LogP contribution in [0.5, 0.6) is 0 Å². The molecule has 20 heavy (non-hydrogen) atoms. The molecule has 0 saturated heterocycles. The lowest BCUT2D eigenvalue weighted by Gasteiger charge is -2.07. The molecule has 0 aliphatic rings. The molecule has 5 heteroatoms. The second kappa shape index (κ2) is 5.31. The van der Waals surface area contributed by atoms with Crippen LogP contribution in [0.1, 0.15) is 10.4 Å². The van der Waals surface area contributed by atoms with Gasteiger partial charge in [-0.05, 0) is 46.3 Å². The van der Waals surface area contributed by atoms with Gasteiger partial charge in [0, 0.05) is 21.7 Å². The molecule has 1 heterocycles. The van der Waals surface area contributed by atoms with Crippen molar-refractivity contribution in [3.05, 3.63) is 63.7 Å². The normalized spacial score (nSPS) is 10.7. The standard InChI is InChI=1S/C15H10BrClN2O/c16-12-5-4-10(8-13(12)17)19-15(20)11-3-1-2-9-6-7-18-14(9)11/h1-8,18H,(H,19,20). The Bertz CT molecular complexity index is 797. The average molecular weight is 350 g/mol. The molecule has 0 fully saturated rings. The summed E-state index contributed by atoms with van der Waals surface area (Å²) in [6, 6.07) is 12.8. The maximum absolute atomic E-state index is 12.3. The van der Waals surface area contributed by atoms with Gasteiger partial charge in [0.2, 0.25) is 0 Å². The lowest BCUT2D eigenvalue weighted by molar-refractivity contribution is 0.102. The number of carbonyl (C=O) groups is 1. The molecule has 0 aliphatic carbocycles. The van der Waals surface area contributed by atoms with Crippen molar-refractivity contribution in [2.24, 2.45) is 0 Å². The van der Waals surface area contributed by atoms with E-state index in [-0.39, 0.29) is 5.91 Å². The smallest absolute Gasteiger partial charge is 0.257 e. The van der Waals surface area contributed by atoms with E-state index in [9.17, 15) is 4.79 Å². The summed E-state index contributed by atoms with van der Waals surface area (Å²) in [6.07, 6.45) is 1.82. The number of H-pyrrole nitrogens is 1. The van der Waals surface area contributed by atoms with Gasteiger partial charge in [-0.25, -0.2) is 0 Å². The van der Waals surface area contributed by atoms with Gasteiger partial charge in [-0.15, -0.1) is 0 Å². The van der Waals surface area contributed by atoms with E-state index in [1.165, 1.54) is 0 Å². The van der Waals surface area contributed by atoms with E-state index in [2.05, 4.69) is 26.2 Å². The Kier molecular flexibility index (Phi) is 3.51. The average Bonchev–Trinajstić information content (AvgIpc) is 2.91. The molecular weight excluding hydrogens is 340 g/mol. The number of rotatable bonds is 2. The molecule has 3 nitrogen and oxygen atoms in total. The number of anilines is 1. The van der Waals surface area contributed by atoms with E-state index in [1.807, 2.05) is 24.4 Å². The fourth-order valence-electron chi connectivity index (χ4n) is 2.05. The van der Waals surface area contributed by atoms with Crippen molar-refractivity contribution in [2.45, 2.75) is 0 Å². The second-order valence-corrected chi connectivity index (χ2v) is 5.59. The van der Waals surface area contributed by atoms with Gasteiger partial charge >= 0.3 is 0 Å². The van der Waals surface area contributed by atoms with E-state index < -0.39 is 0 Å². The maximum Gasteiger partial charge on any atom is 0.257 e. The van der Waals surface area contributed by atoms with Crippen molar-refractivity contribution < 1.29 is 4.79 Å². The van der Waals surface area contributed by atoms with E-state index in [0.717, 1.165) is 15.4 Å². The number of fused-ring (bicyclic) bond motifs is 1. The number of nitrogens with one attached hydrogen (secondary N) is 2. The molecule has 0 unspecified atom stereocenters. The lowest BCUT2D eigenvalue weighted by Crippen LogP contribution is -2.12. The van der Waals surface area contributed by atoms with Gasteiger partial charge in [0.1, 0.15) is 0 Å². The van der Waals surface area contributed by atoms with Crippen LogP contribution in [0.2, 0.25) is 5.02 Å². The minimum atomic E-state index is -0.170. The highest BCUT2D eigenvalue weighted by Crippen LogP contribution is 2.26. The fourth-order valence-corrected chi connectivity index (χ4v) is 2.47. The van der Waals surface area contributed by atoms with E-state index >= 15 is 0 Å². The van der Waals surface area contributed by atoms with Gasteiger partial charge in [0.15, 0.2) is 0 Å². The Hall–Kier alpha value is -1.78. The zero-order valence-corrected chi connectivity index (χ0v) is 12.6. The van der Waals surface area contributed by atoms with E-state index in [4.69, 9.17) is 11.6 Å². The zero-order chi connectivity index (χ0) is 14.1. The van der Waals surface area contributed by atoms with Crippen LogP contribution in [0.3, 0.4) is 0 Å². The van der Waals surface area contributed by atoms with Crippen molar-refractivity contribution >= 4 is 50.0 Å². The van der Waals surface area contributed by atoms with Gasteiger partial charge in [0.05, 0.1) is 16.1 Å². The minimum absolute atomic E-state index is 0.170. The number of hydrogen-bond donors (Lipinski definition) is 2. The van der Waals surface area contributed by atoms with Crippen LogP contribution < -0.4 is 5.32 Å². The van der Waals surface area contributed by atoms with Crippen LogP contribution in [0.15, 0.2) is 53.1 Å². The summed E-state index contributed by atoms with van der Waals surface area (Å²) in [5.74, 6) is -0.170. The van der Waals surface area contributed by atoms with Crippen molar-refractivity contribution in [2.75, 3.05) is 5.32 Å². The predicted octanol–water partition coefficient (Wildman–Crippen LogP) is 4.84. The van der Waals surface area contributed by atoms with Crippen molar-refractivity contribution in [1.29, 1.82) is 0 Å². The molecule has 1 aromatic heterocycles. The van der Waals surface area contributed by atoms with Crippen molar-refractivity contribution in [3.63, 3.8) is 0 Å². The molecule has 0 aliphatic heterocycles. The zero-order valence-electron chi connectivity index (χ0n) is 10.3. The van der Waals surface area contributed by atoms with Crippen LogP contribution in [-0.4, -0.2) is 10.9 Å². The van der Waals surface area contributed by atoms with Crippen LogP contribution in [-0.2, 0) is 0 Å². The first kappa shape index (κ1) is 13.2. The van der Waals surface area contributed by atoms with Crippen LogP contribution in [0.4, 0.5) is 5.69 Å². The van der Waals surface area contributed by atoms with Gasteiger partial charge in [-0.3, -0.25) is 4.79 Å². The van der Waals surface area contributed by atoms with Gasteiger partial charge in [-0.2, -0.15) is 0 Å². The first-order valence-corrected chi connectivity index (χ1v) is 7.15. The molecule has 100 valence electrons. The first-order valence-electron chi connectivity index (χ1n) is 5.97. The number of carbonyl (C=O) groups excluding carboxylic acids is 1. The Morgan fingerprint density at radius 3 is 2.85 bits per heavy atom. The third-order valence-electron chi connectivity index (χ3n) is 3.01. The molecule has 2 aromatic carbocycles. The molecule has 0 saturated carbocycles. The number of aromatic nitrogens is 1. The molecule has 0 bridgehead atoms. The number of para-hydroxylation sites is 1. The molecule has 2 N–H and O–H groups in total. The Morgan fingerprint density at radius 1 is 1.20 bits per heavy atom. The number of hydrogen-bond acceptors (Lipinski definition) is 1. The molecule has 1 amide bonds. The third-order valence-corrected chi connectivity index (χ3v) is 4.24. The third kappa shape index (κ3) is 2.44. The summed E-state index contributed by atoms with van der Waals surface area (Å²) in [5, 5.41) is 4.41. The molecule has 0 spiro atoms. The quantitative estimate of drug-likeness (QED) is 0.683. The summed E-state index contributed by atoms with van der Waals surface area (Å²) < 4.78 is 0.795. The topological polar surface area (TPSA) is 44.9 Å². The predicted molar refractivity (Wildman–Crippen MR) is 85.4 cm³/mol. The SMILES string of the molecule is O=C(Nc1ccc(Br)c(Cl)c1)c1cccc2cc[nH]c12. The summed E-state index contributed by atoms with van der Waals surface area (Å²) in [4.78, 5) is 15.4. The number of amides is 1. The first-order chi connectivity index (χ1) is 9.65. The summed E-state index contributed by atoms with van der Waals surface area (Å²) in [6.45, 7) is 0. The molecule has 3 aromatic rings. The molecular formula is C15H10BrClN2O. The molecule has 3 rings (SSSR count). The maximum atomic E-state index is 12.3. The number of halogens is 2. The van der Waals surface area contributed by atoms with Crippen LogP contribution in [0.25, 0.3) is 10.9 Å². The highest BCUT2D eigenvalue weighted by atomic mass is 79.9. The van der Waals surface area contributed by atoms with Crippen LogP contribution in [0, 0.1) is 0 Å². The fraction of sp³-hybridized carbons (Fsp3) is 0. The summed E-state index contributed by atoms with van der Waals surface area (Å²) >= 11 is 9.33. The highest BCUT2D eigenvalue weighted by molar-refractivity contribution is 9.10. The number of aromatic amines is 1. The van der Waals surface area contributed by atoms with Crippen molar-refractivity contribution in [3.8, 4) is 0 Å². The minimum Gasteiger partial charge on any atom is -0.361 e. The summed E-state index contributed by atoms with van der Waals surface area (Å²) in [5.41, 5.74) is 2.09. The van der Waals surface area contributed by atoms with Gasteiger partial charge in [-0.1, -0.05) is 23.7 Å². The van der Waals surface area contributed by atoms with Gasteiger partial charge < -0.3 is 10.3 Å². The Morgan fingerprint density at radius 2 is 2.05 bits per heavy atom. The van der Waals surface area contributed by atoms with Crippen LogP contribution >= 0.6 is 27.5 Å². The van der Waals surface area contributed by atoms with Crippen molar-refractivity contribution in [1.82, 2.24) is 4.98 Å². The van der Waals surface area contributed by atoms with E-state index in [0.29, 0.717) is 16.3 Å². The summed E-state index contributed by atoms with van der Waals surface area (Å²) in [7, 11) is 0. The van der Waals surface area contributed by atoms with Gasteiger partial charge in [0.25, 0.3) is 5.91 Å². The Labute approximate surface area is 129 Å². The second-order valence-electron chi connectivity index (χ2n) is 4.33.